The highest BCUT2D eigenvalue weighted by Crippen LogP contribution is 2.17. The molecule has 20 heavy (non-hydrogen) atoms. The average Bonchev–Trinajstić information content (AvgIpc) is 2.93. The zero-order chi connectivity index (χ0) is 14.4. The summed E-state index contributed by atoms with van der Waals surface area (Å²) in [7, 11) is 0. The van der Waals surface area contributed by atoms with Gasteiger partial charge in [-0.15, -0.1) is 0 Å². The van der Waals surface area contributed by atoms with Gasteiger partial charge in [-0.1, -0.05) is 11.6 Å². The summed E-state index contributed by atoms with van der Waals surface area (Å²) < 4.78 is 10.8. The molecule has 0 aliphatic rings. The maximum Gasteiger partial charge on any atom is 0.287 e. The van der Waals surface area contributed by atoms with Gasteiger partial charge in [0.2, 0.25) is 0 Å². The van der Waals surface area contributed by atoms with Gasteiger partial charge in [0.1, 0.15) is 18.1 Å². The number of hydrogen-bond donors (Lipinski definition) is 2. The second-order valence-electron chi connectivity index (χ2n) is 3.99. The van der Waals surface area contributed by atoms with Crippen molar-refractivity contribution >= 4 is 17.5 Å². The molecule has 106 valence electrons. The molecule has 0 atom stereocenters. The first-order valence-electron chi connectivity index (χ1n) is 6.05. The molecule has 0 saturated carbocycles. The van der Waals surface area contributed by atoms with Crippen LogP contribution in [0, 0.1) is 0 Å². The zero-order valence-corrected chi connectivity index (χ0v) is 11.4. The van der Waals surface area contributed by atoms with Crippen molar-refractivity contribution < 1.29 is 19.1 Å². The number of ether oxygens (including phenoxy) is 1. The minimum absolute atomic E-state index is 0.112. The summed E-state index contributed by atoms with van der Waals surface area (Å²) in [5, 5.41) is 11.8. The van der Waals surface area contributed by atoms with Crippen LogP contribution in [0.5, 0.6) is 5.75 Å². The molecular weight excluding hydrogens is 282 g/mol. The van der Waals surface area contributed by atoms with Crippen LogP contribution < -0.4 is 10.1 Å². The normalized spacial score (nSPS) is 10.3. The second-order valence-corrected chi connectivity index (χ2v) is 4.42. The van der Waals surface area contributed by atoms with E-state index in [1.54, 1.807) is 36.4 Å². The number of hydrogen-bond acceptors (Lipinski definition) is 4. The Balaban J connectivity index is 1.89. The maximum atomic E-state index is 11.6. The van der Waals surface area contributed by atoms with Crippen molar-refractivity contribution in [2.75, 3.05) is 13.2 Å². The number of rotatable bonds is 6. The van der Waals surface area contributed by atoms with Crippen LogP contribution in [-0.2, 0) is 6.61 Å². The van der Waals surface area contributed by atoms with E-state index in [0.717, 1.165) is 0 Å². The van der Waals surface area contributed by atoms with Crippen molar-refractivity contribution in [1.29, 1.82) is 0 Å². The van der Waals surface area contributed by atoms with Crippen LogP contribution in [0.25, 0.3) is 0 Å². The summed E-state index contributed by atoms with van der Waals surface area (Å²) >= 11 is 5.77. The van der Waals surface area contributed by atoms with Crippen molar-refractivity contribution in [2.24, 2.45) is 0 Å². The largest absolute Gasteiger partial charge is 0.486 e. The number of carbonyl (C=O) groups excluding carboxylic acids is 1. The standard InChI is InChI=1S/C14H14ClNO4/c15-10-1-3-11(4-2-10)19-9-12-5-6-13(20-12)14(18)16-7-8-17/h1-6,17H,7-9H2,(H,16,18). The monoisotopic (exact) mass is 295 g/mol. The highest BCUT2D eigenvalue weighted by Gasteiger charge is 2.10. The van der Waals surface area contributed by atoms with E-state index in [-0.39, 0.29) is 31.4 Å². The molecule has 0 radical (unpaired) electrons. The van der Waals surface area contributed by atoms with Crippen molar-refractivity contribution in [3.63, 3.8) is 0 Å². The van der Waals surface area contributed by atoms with E-state index in [0.29, 0.717) is 16.5 Å². The van der Waals surface area contributed by atoms with Gasteiger partial charge in [-0.3, -0.25) is 4.79 Å². The third-order valence-corrected chi connectivity index (χ3v) is 2.73. The number of halogens is 1. The molecule has 2 N–H and O–H groups in total. The summed E-state index contributed by atoms with van der Waals surface area (Å²) in [5.41, 5.74) is 0. The first-order valence-corrected chi connectivity index (χ1v) is 6.43. The van der Waals surface area contributed by atoms with Crippen LogP contribution in [0.2, 0.25) is 5.02 Å². The van der Waals surface area contributed by atoms with Gasteiger partial charge >= 0.3 is 0 Å². The predicted octanol–water partition coefficient (Wildman–Crippen LogP) is 2.23. The molecule has 1 aromatic heterocycles. The Labute approximate surface area is 121 Å². The summed E-state index contributed by atoms with van der Waals surface area (Å²) in [4.78, 5) is 11.6. The minimum atomic E-state index is -0.364. The van der Waals surface area contributed by atoms with E-state index >= 15 is 0 Å². The van der Waals surface area contributed by atoms with E-state index in [9.17, 15) is 4.79 Å². The Morgan fingerprint density at radius 2 is 2.00 bits per heavy atom. The first-order chi connectivity index (χ1) is 9.69. The summed E-state index contributed by atoms with van der Waals surface area (Å²) in [6.07, 6.45) is 0. The van der Waals surface area contributed by atoms with E-state index in [2.05, 4.69) is 5.32 Å². The third-order valence-electron chi connectivity index (χ3n) is 2.48. The maximum absolute atomic E-state index is 11.6. The number of furan rings is 1. The van der Waals surface area contributed by atoms with Gasteiger partial charge in [0, 0.05) is 11.6 Å². The summed E-state index contributed by atoms with van der Waals surface area (Å²) in [5.74, 6) is 1.02. The number of nitrogens with one attached hydrogen (secondary N) is 1. The second kappa shape index (κ2) is 6.98. The fourth-order valence-corrected chi connectivity index (χ4v) is 1.65. The van der Waals surface area contributed by atoms with Gasteiger partial charge in [-0.05, 0) is 36.4 Å². The van der Waals surface area contributed by atoms with E-state index < -0.39 is 0 Å². The van der Waals surface area contributed by atoms with Crippen LogP contribution in [-0.4, -0.2) is 24.2 Å². The Morgan fingerprint density at radius 1 is 1.25 bits per heavy atom. The van der Waals surface area contributed by atoms with Crippen LogP contribution in [0.15, 0.2) is 40.8 Å². The van der Waals surface area contributed by atoms with Gasteiger partial charge in [-0.25, -0.2) is 0 Å². The van der Waals surface area contributed by atoms with Gasteiger partial charge in [0.25, 0.3) is 5.91 Å². The highest BCUT2D eigenvalue weighted by atomic mass is 35.5. The van der Waals surface area contributed by atoms with E-state index in [1.165, 1.54) is 0 Å². The van der Waals surface area contributed by atoms with Crippen molar-refractivity contribution in [3.8, 4) is 5.75 Å². The number of carbonyl (C=O) groups is 1. The molecule has 6 heteroatoms. The Bertz CT molecular complexity index is 565. The molecule has 1 amide bonds. The minimum Gasteiger partial charge on any atom is -0.486 e. The van der Waals surface area contributed by atoms with Gasteiger partial charge < -0.3 is 19.6 Å². The number of benzene rings is 1. The quantitative estimate of drug-likeness (QED) is 0.857. The SMILES string of the molecule is O=C(NCCO)c1ccc(COc2ccc(Cl)cc2)o1. The third kappa shape index (κ3) is 4.01. The van der Waals surface area contributed by atoms with Gasteiger partial charge in [0.15, 0.2) is 5.76 Å². The van der Waals surface area contributed by atoms with Crippen LogP contribution >= 0.6 is 11.6 Å². The molecule has 1 heterocycles. The smallest absolute Gasteiger partial charge is 0.287 e. The van der Waals surface area contributed by atoms with Gasteiger partial charge in [0.05, 0.1) is 6.61 Å². The molecule has 0 saturated heterocycles. The molecule has 0 bridgehead atoms. The van der Waals surface area contributed by atoms with Crippen molar-refractivity contribution in [2.45, 2.75) is 6.61 Å². The molecule has 1 aromatic carbocycles. The lowest BCUT2D eigenvalue weighted by atomic mass is 10.3. The molecule has 0 fully saturated rings. The lowest BCUT2D eigenvalue weighted by Crippen LogP contribution is -2.25. The van der Waals surface area contributed by atoms with Crippen LogP contribution in [0.4, 0.5) is 0 Å². The summed E-state index contributed by atoms with van der Waals surface area (Å²) in [6.45, 7) is 0.296. The van der Waals surface area contributed by atoms with E-state index in [1.807, 2.05) is 0 Å². The number of aliphatic hydroxyl groups is 1. The Hall–Kier alpha value is -1.98. The molecule has 5 nitrogen and oxygen atoms in total. The predicted molar refractivity (Wildman–Crippen MR) is 73.9 cm³/mol. The zero-order valence-electron chi connectivity index (χ0n) is 10.6. The van der Waals surface area contributed by atoms with Crippen molar-refractivity contribution in [3.05, 3.63) is 52.9 Å². The lowest BCUT2D eigenvalue weighted by molar-refractivity contribution is 0.0913. The Morgan fingerprint density at radius 3 is 2.70 bits per heavy atom. The first kappa shape index (κ1) is 14.4. The molecule has 2 rings (SSSR count). The summed E-state index contributed by atoms with van der Waals surface area (Å²) in [6, 6.07) is 10.2. The molecule has 0 aliphatic heterocycles. The topological polar surface area (TPSA) is 71.7 Å². The highest BCUT2D eigenvalue weighted by molar-refractivity contribution is 6.30. The van der Waals surface area contributed by atoms with Crippen LogP contribution in [0.1, 0.15) is 16.3 Å². The van der Waals surface area contributed by atoms with Gasteiger partial charge in [-0.2, -0.15) is 0 Å². The molecule has 0 spiro atoms. The fraction of sp³-hybridized carbons (Fsp3) is 0.214. The lowest BCUT2D eigenvalue weighted by Gasteiger charge is -2.04. The van der Waals surface area contributed by atoms with Crippen molar-refractivity contribution in [1.82, 2.24) is 5.32 Å². The fourth-order valence-electron chi connectivity index (χ4n) is 1.52. The average molecular weight is 296 g/mol. The molecular formula is C14H14ClNO4. The van der Waals surface area contributed by atoms with Crippen LogP contribution in [0.3, 0.4) is 0 Å². The number of aliphatic hydroxyl groups excluding tert-OH is 1. The molecule has 0 aliphatic carbocycles. The van der Waals surface area contributed by atoms with E-state index in [4.69, 9.17) is 25.9 Å². The Kier molecular flexibility index (Phi) is 5.03. The number of amides is 1. The molecule has 0 unspecified atom stereocenters. The molecule has 2 aromatic rings.